The summed E-state index contributed by atoms with van der Waals surface area (Å²) in [6.07, 6.45) is 4.89. The third-order valence-electron chi connectivity index (χ3n) is 10.4. The molecule has 0 N–H and O–H groups in total. The lowest BCUT2D eigenvalue weighted by Crippen LogP contribution is -2.54. The Morgan fingerprint density at radius 1 is 0.651 bits per heavy atom. The number of hydrogen-bond acceptors (Lipinski definition) is 2. The van der Waals surface area contributed by atoms with Gasteiger partial charge >= 0.3 is 0 Å². The Labute approximate surface area is 264 Å². The van der Waals surface area contributed by atoms with E-state index in [-0.39, 0.29) is 21.8 Å². The number of nitrogens with zero attached hydrogens (tertiary/aromatic N) is 2. The molecule has 2 aliphatic rings. The lowest BCUT2D eigenvalue weighted by Gasteiger charge is -2.50. The Bertz CT molecular complexity index is 1570. The fraction of sp³-hybridized carbons (Fsp3) is 0.400. The van der Waals surface area contributed by atoms with Crippen molar-refractivity contribution in [1.82, 2.24) is 0 Å². The van der Waals surface area contributed by atoms with Gasteiger partial charge in [0.25, 0.3) is 0 Å². The first-order chi connectivity index (χ1) is 20.2. The van der Waals surface area contributed by atoms with Gasteiger partial charge in [-0.3, -0.25) is 0 Å². The van der Waals surface area contributed by atoms with Crippen molar-refractivity contribution in [3.05, 3.63) is 113 Å². The summed E-state index contributed by atoms with van der Waals surface area (Å²) in [7, 11) is 0. The molecule has 2 nitrogen and oxygen atoms in total. The van der Waals surface area contributed by atoms with Gasteiger partial charge in [-0.1, -0.05) is 115 Å². The maximum absolute atomic E-state index is 7.05. The summed E-state index contributed by atoms with van der Waals surface area (Å²) < 4.78 is 0. The predicted molar refractivity (Wildman–Crippen MR) is 186 cm³/mol. The number of para-hydroxylation sites is 1. The fourth-order valence-corrected chi connectivity index (χ4v) is 7.81. The van der Waals surface area contributed by atoms with Gasteiger partial charge in [0, 0.05) is 38.9 Å². The number of benzene rings is 4. The number of hydrogen-bond donors (Lipinski definition) is 0. The summed E-state index contributed by atoms with van der Waals surface area (Å²) in [5, 5.41) is 0.751. The van der Waals surface area contributed by atoms with Gasteiger partial charge < -0.3 is 9.80 Å². The summed E-state index contributed by atoms with van der Waals surface area (Å²) >= 11 is 7.05. The molecule has 6 rings (SSSR count). The Hall–Kier alpha value is -3.23. The normalized spacial score (nSPS) is 21.8. The van der Waals surface area contributed by atoms with Crippen LogP contribution in [0.2, 0.25) is 5.02 Å². The van der Waals surface area contributed by atoms with E-state index in [1.54, 1.807) is 0 Å². The molecule has 43 heavy (non-hydrogen) atoms. The molecule has 0 aromatic heterocycles. The summed E-state index contributed by atoms with van der Waals surface area (Å²) in [6, 6.07) is 33.8. The highest BCUT2D eigenvalue weighted by Gasteiger charge is 2.57. The molecule has 4 aromatic rings. The molecule has 0 spiro atoms. The van der Waals surface area contributed by atoms with E-state index in [1.165, 1.54) is 41.6 Å². The first kappa shape index (κ1) is 29.8. The Kier molecular flexibility index (Phi) is 7.24. The molecule has 0 radical (unpaired) electrons. The van der Waals surface area contributed by atoms with Gasteiger partial charge in [-0.25, -0.2) is 0 Å². The van der Waals surface area contributed by atoms with Crippen LogP contribution in [0.25, 0.3) is 0 Å². The van der Waals surface area contributed by atoms with Crippen molar-refractivity contribution in [2.24, 2.45) is 0 Å². The summed E-state index contributed by atoms with van der Waals surface area (Å²) in [6.45, 7) is 18.5. The van der Waals surface area contributed by atoms with Crippen LogP contribution in [0.3, 0.4) is 0 Å². The van der Waals surface area contributed by atoms with Crippen LogP contribution < -0.4 is 9.80 Å². The van der Waals surface area contributed by atoms with Crippen molar-refractivity contribution < 1.29 is 0 Å². The molecule has 4 aromatic carbocycles. The van der Waals surface area contributed by atoms with E-state index in [1.807, 2.05) is 0 Å². The average molecular weight is 591 g/mol. The second kappa shape index (κ2) is 10.4. The van der Waals surface area contributed by atoms with Crippen LogP contribution in [0.4, 0.5) is 28.4 Å². The van der Waals surface area contributed by atoms with Gasteiger partial charge in [-0.05, 0) is 95.8 Å². The first-order valence-electron chi connectivity index (χ1n) is 15.9. The molecule has 1 heterocycles. The van der Waals surface area contributed by atoms with Crippen molar-refractivity contribution in [2.45, 2.75) is 103 Å². The third-order valence-corrected chi connectivity index (χ3v) is 10.6. The van der Waals surface area contributed by atoms with Crippen LogP contribution in [0, 0.1) is 0 Å². The second-order valence-electron chi connectivity index (χ2n) is 15.3. The van der Waals surface area contributed by atoms with Crippen molar-refractivity contribution in [3.8, 4) is 0 Å². The quantitative estimate of drug-likeness (QED) is 0.233. The zero-order valence-corrected chi connectivity index (χ0v) is 28.0. The number of rotatable bonds is 4. The zero-order valence-electron chi connectivity index (χ0n) is 27.3. The molecule has 0 saturated heterocycles. The van der Waals surface area contributed by atoms with Gasteiger partial charge in [-0.15, -0.1) is 0 Å². The number of fused-ring (bicyclic) bond motifs is 3. The molecule has 1 aliphatic carbocycles. The molecule has 224 valence electrons. The van der Waals surface area contributed by atoms with Gasteiger partial charge in [0.15, 0.2) is 0 Å². The number of halogens is 1. The summed E-state index contributed by atoms with van der Waals surface area (Å²) in [5.41, 5.74) is 10.2. The Balaban J connectivity index is 1.52. The van der Waals surface area contributed by atoms with E-state index in [2.05, 4.69) is 156 Å². The molecule has 3 heteroatoms. The minimum absolute atomic E-state index is 0.0234. The van der Waals surface area contributed by atoms with Crippen LogP contribution in [0.5, 0.6) is 0 Å². The van der Waals surface area contributed by atoms with Gasteiger partial charge in [0.2, 0.25) is 0 Å². The maximum Gasteiger partial charge on any atom is 0.0517 e. The second-order valence-corrected chi connectivity index (χ2v) is 15.7. The highest BCUT2D eigenvalue weighted by atomic mass is 35.5. The molecule has 2 atom stereocenters. The van der Waals surface area contributed by atoms with E-state index in [0.29, 0.717) is 0 Å². The molecular weight excluding hydrogens is 544 g/mol. The lowest BCUT2D eigenvalue weighted by molar-refractivity contribution is 0.195. The highest BCUT2D eigenvalue weighted by molar-refractivity contribution is 6.31. The van der Waals surface area contributed by atoms with E-state index in [0.717, 1.165) is 34.2 Å². The van der Waals surface area contributed by atoms with Crippen LogP contribution in [0.1, 0.15) is 97.8 Å². The monoisotopic (exact) mass is 590 g/mol. The summed E-state index contributed by atoms with van der Waals surface area (Å²) in [5.74, 6) is 0. The maximum atomic E-state index is 7.05. The first-order valence-corrected chi connectivity index (χ1v) is 16.3. The molecular formula is C40H47ClN2. The minimum atomic E-state index is -0.0234. The SMILES string of the molecule is CC(C)(C)c1ccc(N(c2ccc(C(C)(C)C)cc2)c2cc(Cl)cc(N3c4ccccc4C4(C)CCCCC34C)c2)cc1. The van der Waals surface area contributed by atoms with Gasteiger partial charge in [0.05, 0.1) is 5.54 Å². The van der Waals surface area contributed by atoms with Crippen LogP contribution >= 0.6 is 11.6 Å². The van der Waals surface area contributed by atoms with E-state index in [4.69, 9.17) is 11.6 Å². The summed E-state index contributed by atoms with van der Waals surface area (Å²) in [4.78, 5) is 4.97. The van der Waals surface area contributed by atoms with Crippen LogP contribution in [-0.2, 0) is 16.2 Å². The zero-order chi connectivity index (χ0) is 30.8. The predicted octanol–water partition coefficient (Wildman–Crippen LogP) is 12.1. The van der Waals surface area contributed by atoms with Crippen molar-refractivity contribution in [2.75, 3.05) is 9.80 Å². The molecule has 2 unspecified atom stereocenters. The Morgan fingerprint density at radius 3 is 1.74 bits per heavy atom. The standard InChI is InChI=1S/C40H47ClN2/c1-37(2,3)28-15-19-31(20-16-28)42(32-21-17-29(18-22-32)38(4,5)6)33-25-30(41)26-34(27-33)43-36-14-10-9-13-35(36)39(7)23-11-12-24-40(39,43)8/h9-10,13-22,25-27H,11-12,23-24H2,1-8H3. The van der Waals surface area contributed by atoms with Gasteiger partial charge in [0.1, 0.15) is 0 Å². The van der Waals surface area contributed by atoms with Crippen LogP contribution in [0.15, 0.2) is 91.0 Å². The largest absolute Gasteiger partial charge is 0.334 e. The highest BCUT2D eigenvalue weighted by Crippen LogP contribution is 2.61. The molecule has 0 amide bonds. The van der Waals surface area contributed by atoms with E-state index < -0.39 is 0 Å². The topological polar surface area (TPSA) is 6.48 Å². The van der Waals surface area contributed by atoms with Crippen LogP contribution in [-0.4, -0.2) is 5.54 Å². The Morgan fingerprint density at radius 2 is 1.19 bits per heavy atom. The van der Waals surface area contributed by atoms with Crippen molar-refractivity contribution >= 4 is 40.0 Å². The lowest BCUT2D eigenvalue weighted by atomic mass is 9.61. The molecule has 1 aliphatic heterocycles. The third kappa shape index (κ3) is 5.06. The van der Waals surface area contributed by atoms with Crippen molar-refractivity contribution in [3.63, 3.8) is 0 Å². The molecule has 1 saturated carbocycles. The van der Waals surface area contributed by atoms with E-state index >= 15 is 0 Å². The smallest absolute Gasteiger partial charge is 0.0517 e. The molecule has 0 bridgehead atoms. The minimum Gasteiger partial charge on any atom is -0.334 e. The number of anilines is 5. The van der Waals surface area contributed by atoms with E-state index in [9.17, 15) is 0 Å². The van der Waals surface area contributed by atoms with Crippen molar-refractivity contribution in [1.29, 1.82) is 0 Å². The molecule has 1 fully saturated rings. The fourth-order valence-electron chi connectivity index (χ4n) is 7.59. The average Bonchev–Trinajstić information content (AvgIpc) is 3.16. The van der Waals surface area contributed by atoms with Gasteiger partial charge in [-0.2, -0.15) is 0 Å².